The second-order valence-electron chi connectivity index (χ2n) is 8.17. The topological polar surface area (TPSA) is 71.5 Å². The minimum absolute atomic E-state index is 0.0773. The van der Waals surface area contributed by atoms with E-state index in [-0.39, 0.29) is 42.0 Å². The third kappa shape index (κ3) is 5.53. The van der Waals surface area contributed by atoms with Crippen LogP contribution in [0.15, 0.2) is 29.6 Å². The highest BCUT2D eigenvalue weighted by Crippen LogP contribution is 2.26. The number of para-hydroxylation sites is 1. The molecule has 1 aliphatic rings. The smallest absolute Gasteiger partial charge is 0.228 e. The maximum absolute atomic E-state index is 13.8. The van der Waals surface area contributed by atoms with Crippen molar-refractivity contribution in [2.45, 2.75) is 46.1 Å². The lowest BCUT2D eigenvalue weighted by atomic mass is 9.87. The largest absolute Gasteiger partial charge is 0.488 e. The summed E-state index contributed by atoms with van der Waals surface area (Å²) in [6.07, 6.45) is 1.50. The Bertz CT molecular complexity index is 878. The molecule has 0 bridgehead atoms. The van der Waals surface area contributed by atoms with Crippen LogP contribution < -0.4 is 15.0 Å². The molecule has 1 fully saturated rings. The molecule has 0 radical (unpaired) electrons. The van der Waals surface area contributed by atoms with E-state index in [1.807, 2.05) is 26.2 Å². The van der Waals surface area contributed by atoms with Gasteiger partial charge in [0.25, 0.3) is 0 Å². The van der Waals surface area contributed by atoms with Gasteiger partial charge in [-0.2, -0.15) is 0 Å². The molecule has 2 aromatic rings. The molecule has 0 aliphatic carbocycles. The van der Waals surface area contributed by atoms with Crippen molar-refractivity contribution < 1.29 is 18.7 Å². The highest BCUT2D eigenvalue weighted by Gasteiger charge is 2.28. The van der Waals surface area contributed by atoms with Gasteiger partial charge in [-0.15, -0.1) is 11.3 Å². The minimum atomic E-state index is -0.432. The van der Waals surface area contributed by atoms with E-state index in [2.05, 4.69) is 10.3 Å². The molecule has 1 saturated heterocycles. The van der Waals surface area contributed by atoms with E-state index >= 15 is 0 Å². The molecular weight excluding hydrogens is 393 g/mol. The Morgan fingerprint density at radius 2 is 2.14 bits per heavy atom. The van der Waals surface area contributed by atoms with E-state index < -0.39 is 5.82 Å². The lowest BCUT2D eigenvalue weighted by Gasteiger charge is -2.31. The summed E-state index contributed by atoms with van der Waals surface area (Å²) in [6, 6.07) is 5.89. The average Bonchev–Trinajstić information content (AvgIpc) is 3.27. The standard InChI is InChI=1S/C21H26FN3O3S/c1-21(2,3)17(12-28-16-8-5-4-7-15(16)22)24-18(26)11-14-13-29-20(23-14)25-10-6-9-19(25)27/h4-5,7-8,13,17H,6,9-12H2,1-3H3,(H,24,26). The van der Waals surface area contributed by atoms with Gasteiger partial charge in [0.15, 0.2) is 16.7 Å². The van der Waals surface area contributed by atoms with Gasteiger partial charge in [0, 0.05) is 18.3 Å². The molecule has 6 nitrogen and oxygen atoms in total. The van der Waals surface area contributed by atoms with Crippen molar-refractivity contribution in [3.8, 4) is 5.75 Å². The van der Waals surface area contributed by atoms with Crippen LogP contribution >= 0.6 is 11.3 Å². The van der Waals surface area contributed by atoms with Crippen LogP contribution in [0.25, 0.3) is 0 Å². The molecule has 29 heavy (non-hydrogen) atoms. The van der Waals surface area contributed by atoms with Crippen LogP contribution in [0.4, 0.5) is 9.52 Å². The number of carbonyl (C=O) groups excluding carboxylic acids is 2. The zero-order valence-corrected chi connectivity index (χ0v) is 17.7. The summed E-state index contributed by atoms with van der Waals surface area (Å²) >= 11 is 1.37. The van der Waals surface area contributed by atoms with E-state index in [1.54, 1.807) is 23.1 Å². The summed E-state index contributed by atoms with van der Waals surface area (Å²) in [5.41, 5.74) is 0.348. The molecule has 1 unspecified atom stereocenters. The SMILES string of the molecule is CC(C)(C)C(COc1ccccc1F)NC(=O)Cc1csc(N2CCCC2=O)n1. The Balaban J connectivity index is 1.59. The molecule has 1 N–H and O–H groups in total. The fourth-order valence-corrected chi connectivity index (χ4v) is 3.87. The third-order valence-corrected chi connectivity index (χ3v) is 5.72. The number of ether oxygens (including phenoxy) is 1. The molecule has 2 amide bonds. The minimum Gasteiger partial charge on any atom is -0.488 e. The van der Waals surface area contributed by atoms with Crippen LogP contribution in [0.2, 0.25) is 0 Å². The number of amides is 2. The fourth-order valence-electron chi connectivity index (χ4n) is 3.00. The predicted octanol–water partition coefficient (Wildman–Crippen LogP) is 3.56. The molecule has 8 heteroatoms. The van der Waals surface area contributed by atoms with Crippen molar-refractivity contribution in [3.63, 3.8) is 0 Å². The summed E-state index contributed by atoms with van der Waals surface area (Å²) in [7, 11) is 0. The second-order valence-corrected chi connectivity index (χ2v) is 9.01. The van der Waals surface area contributed by atoms with E-state index in [0.717, 1.165) is 6.42 Å². The number of aromatic nitrogens is 1. The normalized spacial score (nSPS) is 15.4. The highest BCUT2D eigenvalue weighted by molar-refractivity contribution is 7.14. The Kier molecular flexibility index (Phi) is 6.52. The van der Waals surface area contributed by atoms with Gasteiger partial charge in [-0.05, 0) is 24.0 Å². The highest BCUT2D eigenvalue weighted by atomic mass is 32.1. The Morgan fingerprint density at radius 3 is 2.79 bits per heavy atom. The number of hydrogen-bond acceptors (Lipinski definition) is 5. The van der Waals surface area contributed by atoms with Crippen LogP contribution in [0.3, 0.4) is 0 Å². The number of nitrogens with one attached hydrogen (secondary N) is 1. The van der Waals surface area contributed by atoms with E-state index in [4.69, 9.17) is 4.74 Å². The summed E-state index contributed by atoms with van der Waals surface area (Å²) in [4.78, 5) is 30.5. The van der Waals surface area contributed by atoms with Gasteiger partial charge in [0.1, 0.15) is 6.61 Å². The third-order valence-electron chi connectivity index (χ3n) is 4.81. The molecule has 0 spiro atoms. The average molecular weight is 420 g/mol. The fraction of sp³-hybridized carbons (Fsp3) is 0.476. The molecule has 1 aromatic heterocycles. The van der Waals surface area contributed by atoms with Crippen molar-refractivity contribution in [1.29, 1.82) is 0 Å². The predicted molar refractivity (Wildman–Crippen MR) is 111 cm³/mol. The molecule has 2 heterocycles. The second kappa shape index (κ2) is 8.90. The van der Waals surface area contributed by atoms with Crippen molar-refractivity contribution in [2.24, 2.45) is 5.41 Å². The number of halogens is 1. The van der Waals surface area contributed by atoms with Crippen molar-refractivity contribution >= 4 is 28.3 Å². The molecule has 1 aliphatic heterocycles. The van der Waals surface area contributed by atoms with Gasteiger partial charge < -0.3 is 10.1 Å². The molecule has 1 atom stereocenters. The van der Waals surface area contributed by atoms with Crippen molar-refractivity contribution in [2.75, 3.05) is 18.1 Å². The monoisotopic (exact) mass is 419 g/mol. The first-order chi connectivity index (χ1) is 13.7. The maximum Gasteiger partial charge on any atom is 0.228 e. The quantitative estimate of drug-likeness (QED) is 0.745. The Hall–Kier alpha value is -2.48. The lowest BCUT2D eigenvalue weighted by Crippen LogP contribution is -2.48. The van der Waals surface area contributed by atoms with Crippen molar-refractivity contribution in [1.82, 2.24) is 10.3 Å². The summed E-state index contributed by atoms with van der Waals surface area (Å²) in [6.45, 7) is 6.80. The van der Waals surface area contributed by atoms with Gasteiger partial charge in [-0.1, -0.05) is 32.9 Å². The van der Waals surface area contributed by atoms with Crippen LogP contribution in [0, 0.1) is 11.2 Å². The lowest BCUT2D eigenvalue weighted by molar-refractivity contribution is -0.122. The van der Waals surface area contributed by atoms with E-state index in [1.165, 1.54) is 17.4 Å². The first-order valence-corrected chi connectivity index (χ1v) is 10.5. The number of nitrogens with zero attached hydrogens (tertiary/aromatic N) is 2. The van der Waals surface area contributed by atoms with Crippen LogP contribution in [-0.4, -0.2) is 36.0 Å². The van der Waals surface area contributed by atoms with Crippen LogP contribution in [0.1, 0.15) is 39.3 Å². The van der Waals surface area contributed by atoms with Gasteiger partial charge in [-0.3, -0.25) is 14.5 Å². The van der Waals surface area contributed by atoms with E-state index in [0.29, 0.717) is 23.8 Å². The van der Waals surface area contributed by atoms with Gasteiger partial charge in [0.05, 0.1) is 18.2 Å². The number of hydrogen-bond donors (Lipinski definition) is 1. The summed E-state index contributed by atoms with van der Waals surface area (Å²) < 4.78 is 19.4. The zero-order chi connectivity index (χ0) is 21.0. The number of rotatable bonds is 7. The number of thiazole rings is 1. The van der Waals surface area contributed by atoms with E-state index in [9.17, 15) is 14.0 Å². The summed E-state index contributed by atoms with van der Waals surface area (Å²) in [5, 5.41) is 5.43. The number of anilines is 1. The van der Waals surface area contributed by atoms with Gasteiger partial charge in [0.2, 0.25) is 11.8 Å². The van der Waals surface area contributed by atoms with Gasteiger partial charge in [-0.25, -0.2) is 9.37 Å². The maximum atomic E-state index is 13.8. The van der Waals surface area contributed by atoms with Crippen LogP contribution in [-0.2, 0) is 16.0 Å². The molecule has 3 rings (SSSR count). The summed E-state index contributed by atoms with van der Waals surface area (Å²) in [5.74, 6) is -0.381. The Morgan fingerprint density at radius 1 is 1.38 bits per heavy atom. The number of benzene rings is 1. The number of carbonyl (C=O) groups is 2. The van der Waals surface area contributed by atoms with Gasteiger partial charge >= 0.3 is 0 Å². The molecule has 156 valence electrons. The first kappa shape index (κ1) is 21.2. The molecule has 0 saturated carbocycles. The first-order valence-electron chi connectivity index (χ1n) is 9.65. The molecular formula is C21H26FN3O3S. The zero-order valence-electron chi connectivity index (χ0n) is 16.9. The molecule has 1 aromatic carbocycles. The Labute approximate surface area is 174 Å². The van der Waals surface area contributed by atoms with Crippen LogP contribution in [0.5, 0.6) is 5.75 Å². The van der Waals surface area contributed by atoms with Crippen molar-refractivity contribution in [3.05, 3.63) is 41.2 Å².